The van der Waals surface area contributed by atoms with Gasteiger partial charge in [-0.1, -0.05) is 30.3 Å². The van der Waals surface area contributed by atoms with Gasteiger partial charge in [-0.3, -0.25) is 4.79 Å². The number of carbonyl (C=O) groups excluding carboxylic acids is 2. The number of ether oxygens (including phenoxy) is 1. The van der Waals surface area contributed by atoms with Crippen LogP contribution in [0.15, 0.2) is 48.5 Å². The first-order valence-corrected chi connectivity index (χ1v) is 8.21. The van der Waals surface area contributed by atoms with Gasteiger partial charge in [0.2, 0.25) is 0 Å². The number of aromatic amines is 1. The van der Waals surface area contributed by atoms with E-state index in [0.717, 1.165) is 23.9 Å². The van der Waals surface area contributed by atoms with Gasteiger partial charge in [0.05, 0.1) is 16.6 Å². The molecule has 6 nitrogen and oxygen atoms in total. The average Bonchev–Trinajstić information content (AvgIpc) is 3.34. The number of benzene rings is 2. The van der Waals surface area contributed by atoms with Crippen molar-refractivity contribution < 1.29 is 14.3 Å². The van der Waals surface area contributed by atoms with Crippen molar-refractivity contribution in [2.24, 2.45) is 0 Å². The van der Waals surface area contributed by atoms with Crippen LogP contribution in [-0.4, -0.2) is 34.5 Å². The van der Waals surface area contributed by atoms with Crippen molar-refractivity contribution in [2.75, 3.05) is 6.61 Å². The average molecular weight is 335 g/mol. The minimum Gasteiger partial charge on any atom is -0.452 e. The Morgan fingerprint density at radius 3 is 2.68 bits per heavy atom. The Bertz CT molecular complexity index is 911. The van der Waals surface area contributed by atoms with E-state index >= 15 is 0 Å². The normalized spacial score (nSPS) is 13.6. The minimum absolute atomic E-state index is 0.244. The minimum atomic E-state index is -0.540. The van der Waals surface area contributed by atoms with Crippen molar-refractivity contribution in [3.8, 4) is 11.4 Å². The molecule has 0 aliphatic heterocycles. The maximum Gasteiger partial charge on any atom is 0.339 e. The molecule has 1 aliphatic rings. The molecule has 1 aromatic heterocycles. The molecule has 3 aromatic rings. The van der Waals surface area contributed by atoms with Gasteiger partial charge in [-0.25, -0.2) is 9.78 Å². The topological polar surface area (TPSA) is 84.1 Å². The van der Waals surface area contributed by atoms with Gasteiger partial charge in [-0.2, -0.15) is 0 Å². The highest BCUT2D eigenvalue weighted by molar-refractivity contribution is 5.98. The first-order valence-electron chi connectivity index (χ1n) is 8.21. The Morgan fingerprint density at radius 1 is 1.12 bits per heavy atom. The van der Waals surface area contributed by atoms with Crippen LogP contribution in [0.4, 0.5) is 0 Å². The van der Waals surface area contributed by atoms with E-state index in [1.807, 2.05) is 30.3 Å². The van der Waals surface area contributed by atoms with Gasteiger partial charge < -0.3 is 15.0 Å². The number of rotatable bonds is 5. The summed E-state index contributed by atoms with van der Waals surface area (Å²) in [6.45, 7) is -0.274. The second kappa shape index (κ2) is 6.39. The fraction of sp³-hybridized carbons (Fsp3) is 0.211. The summed E-state index contributed by atoms with van der Waals surface area (Å²) in [5, 5.41) is 2.79. The Labute approximate surface area is 144 Å². The SMILES string of the molecule is O=C(COC(=O)c1ccccc1-c1nc2ccccc2[nH]1)NC1CC1. The highest BCUT2D eigenvalue weighted by Gasteiger charge is 2.24. The summed E-state index contributed by atoms with van der Waals surface area (Å²) in [6.07, 6.45) is 1.99. The second-order valence-corrected chi connectivity index (χ2v) is 6.07. The van der Waals surface area contributed by atoms with Gasteiger partial charge in [0.1, 0.15) is 5.82 Å². The third-order valence-corrected chi connectivity index (χ3v) is 4.07. The third-order valence-electron chi connectivity index (χ3n) is 4.07. The summed E-state index contributed by atoms with van der Waals surface area (Å²) in [6, 6.07) is 15.0. The van der Waals surface area contributed by atoms with E-state index in [1.54, 1.807) is 18.2 Å². The monoisotopic (exact) mass is 335 g/mol. The zero-order valence-electron chi connectivity index (χ0n) is 13.5. The van der Waals surface area contributed by atoms with Crippen LogP contribution in [0.25, 0.3) is 22.4 Å². The summed E-state index contributed by atoms with van der Waals surface area (Å²) >= 11 is 0. The van der Waals surface area contributed by atoms with Crippen molar-refractivity contribution in [1.29, 1.82) is 0 Å². The molecule has 0 bridgehead atoms. The van der Waals surface area contributed by atoms with Crippen LogP contribution in [-0.2, 0) is 9.53 Å². The number of nitrogens with zero attached hydrogens (tertiary/aromatic N) is 1. The highest BCUT2D eigenvalue weighted by Crippen LogP contribution is 2.24. The number of imidazole rings is 1. The summed E-state index contributed by atoms with van der Waals surface area (Å²) in [4.78, 5) is 31.8. The maximum absolute atomic E-state index is 12.4. The molecular formula is C19H17N3O3. The first-order chi connectivity index (χ1) is 12.2. The van der Waals surface area contributed by atoms with Gasteiger partial charge in [0, 0.05) is 11.6 Å². The third kappa shape index (κ3) is 3.38. The number of H-pyrrole nitrogens is 1. The molecule has 0 spiro atoms. The van der Waals surface area contributed by atoms with Crippen molar-refractivity contribution in [2.45, 2.75) is 18.9 Å². The Morgan fingerprint density at radius 2 is 1.88 bits per heavy atom. The summed E-state index contributed by atoms with van der Waals surface area (Å²) in [5.41, 5.74) is 2.74. The Balaban J connectivity index is 1.55. The molecule has 1 aliphatic carbocycles. The van der Waals surface area contributed by atoms with Crippen molar-refractivity contribution >= 4 is 22.9 Å². The molecule has 4 rings (SSSR count). The molecule has 126 valence electrons. The number of amides is 1. The van der Waals surface area contributed by atoms with Crippen LogP contribution < -0.4 is 5.32 Å². The summed E-state index contributed by atoms with van der Waals surface area (Å²) in [7, 11) is 0. The summed E-state index contributed by atoms with van der Waals surface area (Å²) in [5.74, 6) is -0.213. The summed E-state index contributed by atoms with van der Waals surface area (Å²) < 4.78 is 5.16. The second-order valence-electron chi connectivity index (χ2n) is 6.07. The highest BCUT2D eigenvalue weighted by atomic mass is 16.5. The van der Waals surface area contributed by atoms with E-state index in [0.29, 0.717) is 17.0 Å². The van der Waals surface area contributed by atoms with E-state index in [1.165, 1.54) is 0 Å². The van der Waals surface area contributed by atoms with Gasteiger partial charge in [0.15, 0.2) is 6.61 Å². The number of hydrogen-bond donors (Lipinski definition) is 2. The standard InChI is InChI=1S/C19H17N3O3/c23-17(20-12-9-10-12)11-25-19(24)14-6-2-1-5-13(14)18-21-15-7-3-4-8-16(15)22-18/h1-8,12H,9-11H2,(H,20,23)(H,21,22). The number of nitrogens with one attached hydrogen (secondary N) is 2. The zero-order valence-corrected chi connectivity index (χ0v) is 13.5. The fourth-order valence-corrected chi connectivity index (χ4v) is 2.65. The first kappa shape index (κ1) is 15.4. The van der Waals surface area contributed by atoms with Gasteiger partial charge in [0.25, 0.3) is 5.91 Å². The Hall–Kier alpha value is -3.15. The lowest BCUT2D eigenvalue weighted by molar-refractivity contribution is -0.124. The number of para-hydroxylation sites is 2. The van der Waals surface area contributed by atoms with Crippen molar-refractivity contribution in [3.05, 3.63) is 54.1 Å². The van der Waals surface area contributed by atoms with Crippen molar-refractivity contribution in [3.63, 3.8) is 0 Å². The molecular weight excluding hydrogens is 318 g/mol. The molecule has 25 heavy (non-hydrogen) atoms. The fourth-order valence-electron chi connectivity index (χ4n) is 2.65. The van der Waals surface area contributed by atoms with Crippen molar-refractivity contribution in [1.82, 2.24) is 15.3 Å². The molecule has 6 heteroatoms. The van der Waals surface area contributed by atoms with Gasteiger partial charge in [-0.15, -0.1) is 0 Å². The molecule has 1 heterocycles. The van der Waals surface area contributed by atoms with Crippen LogP contribution in [0.3, 0.4) is 0 Å². The number of aromatic nitrogens is 2. The predicted octanol–water partition coefficient (Wildman–Crippen LogP) is 2.67. The lowest BCUT2D eigenvalue weighted by atomic mass is 10.1. The van der Waals surface area contributed by atoms with Crippen LogP contribution in [0.5, 0.6) is 0 Å². The smallest absolute Gasteiger partial charge is 0.339 e. The number of esters is 1. The molecule has 1 saturated carbocycles. The number of carbonyl (C=O) groups is 2. The Kier molecular flexibility index (Phi) is 3.93. The van der Waals surface area contributed by atoms with E-state index in [9.17, 15) is 9.59 Å². The quantitative estimate of drug-likeness (QED) is 0.702. The van der Waals surface area contributed by atoms with Crippen LogP contribution in [0.1, 0.15) is 23.2 Å². The molecule has 1 fully saturated rings. The van der Waals surface area contributed by atoms with Gasteiger partial charge >= 0.3 is 5.97 Å². The lowest BCUT2D eigenvalue weighted by Gasteiger charge is -2.08. The predicted molar refractivity (Wildman–Crippen MR) is 93.0 cm³/mol. The molecule has 1 amide bonds. The van der Waals surface area contributed by atoms with Gasteiger partial charge in [-0.05, 0) is 31.0 Å². The molecule has 0 atom stereocenters. The molecule has 2 aromatic carbocycles. The molecule has 2 N–H and O–H groups in total. The zero-order chi connectivity index (χ0) is 17.2. The van der Waals surface area contributed by atoms with E-state index in [4.69, 9.17) is 4.74 Å². The molecule has 0 radical (unpaired) electrons. The van der Waals surface area contributed by atoms with E-state index in [2.05, 4.69) is 15.3 Å². The van der Waals surface area contributed by atoms with Crippen LogP contribution >= 0.6 is 0 Å². The van der Waals surface area contributed by atoms with E-state index < -0.39 is 5.97 Å². The largest absolute Gasteiger partial charge is 0.452 e. The van der Waals surface area contributed by atoms with Crippen LogP contribution in [0.2, 0.25) is 0 Å². The molecule has 0 unspecified atom stereocenters. The number of hydrogen-bond acceptors (Lipinski definition) is 4. The lowest BCUT2D eigenvalue weighted by Crippen LogP contribution is -2.30. The number of fused-ring (bicyclic) bond motifs is 1. The van der Waals surface area contributed by atoms with E-state index in [-0.39, 0.29) is 18.6 Å². The molecule has 0 saturated heterocycles. The maximum atomic E-state index is 12.4. The van der Waals surface area contributed by atoms with Crippen LogP contribution in [0, 0.1) is 0 Å².